The number of aromatic nitrogens is 2. The third kappa shape index (κ3) is 5.38. The molecule has 30 heavy (non-hydrogen) atoms. The second-order valence-electron chi connectivity index (χ2n) is 7.29. The highest BCUT2D eigenvalue weighted by molar-refractivity contribution is 7.92. The first kappa shape index (κ1) is 23.4. The third-order valence-corrected chi connectivity index (χ3v) is 6.71. The summed E-state index contributed by atoms with van der Waals surface area (Å²) < 4.78 is 23.8. The van der Waals surface area contributed by atoms with Crippen LogP contribution < -0.4 is 5.48 Å². The maximum Gasteiger partial charge on any atom is 0.264 e. The van der Waals surface area contributed by atoms with Crippen molar-refractivity contribution in [2.45, 2.75) is 37.2 Å². The molecule has 0 radical (unpaired) electrons. The van der Waals surface area contributed by atoms with Crippen molar-refractivity contribution in [3.05, 3.63) is 30.0 Å². The van der Waals surface area contributed by atoms with Gasteiger partial charge in [-0.3, -0.25) is 14.7 Å². The number of aryl methyl sites for hydroxylation is 1. The fourth-order valence-corrected chi connectivity index (χ4v) is 3.34. The molecule has 9 nitrogen and oxygen atoms in total. The Bertz CT molecular complexity index is 1180. The van der Waals surface area contributed by atoms with Crippen LogP contribution in [0, 0.1) is 23.7 Å². The van der Waals surface area contributed by atoms with Crippen molar-refractivity contribution in [3.63, 3.8) is 0 Å². The van der Waals surface area contributed by atoms with Gasteiger partial charge < -0.3 is 10.2 Å². The molecular weight excluding hydrogens is 410 g/mol. The molecule has 0 saturated carbocycles. The first-order valence-electron chi connectivity index (χ1n) is 8.90. The van der Waals surface area contributed by atoms with Gasteiger partial charge in [-0.1, -0.05) is 11.8 Å². The van der Waals surface area contributed by atoms with E-state index in [2.05, 4.69) is 28.8 Å². The van der Waals surface area contributed by atoms with Crippen molar-refractivity contribution < 1.29 is 28.6 Å². The van der Waals surface area contributed by atoms with Gasteiger partial charge >= 0.3 is 0 Å². The minimum Gasteiger partial charge on any atom is -0.392 e. The molecule has 0 aliphatic rings. The highest BCUT2D eigenvalue weighted by atomic mass is 32.2. The second kappa shape index (κ2) is 8.86. The standard InChI is InChI=1S/C20H23N3O6S/c1-19(26,14-24)9-5-4-6-15-7-8-17-16(12-15)13-23(21-17)11-10-20(2,18(25)22-27)30(3,28)29/h7-8,12-13,24,26-27H,10-11,14H2,1-3H3,(H,22,25). The molecule has 4 N–H and O–H groups in total. The van der Waals surface area contributed by atoms with Crippen molar-refractivity contribution in [1.29, 1.82) is 0 Å². The number of aliphatic hydroxyl groups is 2. The van der Waals surface area contributed by atoms with Crippen LogP contribution in [0.15, 0.2) is 24.4 Å². The average Bonchev–Trinajstić information content (AvgIpc) is 3.10. The molecule has 2 atom stereocenters. The summed E-state index contributed by atoms with van der Waals surface area (Å²) >= 11 is 0. The SMILES string of the molecule is CC(O)(C#CC#Cc1ccc2nn(CCC(C)(C(=O)NO)S(C)(=O)=O)cc2c1)CO. The van der Waals surface area contributed by atoms with Crippen LogP contribution in [-0.2, 0) is 21.2 Å². The fraction of sp³-hybridized carbons (Fsp3) is 0.400. The predicted molar refractivity (Wildman–Crippen MR) is 110 cm³/mol. The number of hydroxylamine groups is 1. The molecule has 2 rings (SSSR count). The minimum atomic E-state index is -3.79. The monoisotopic (exact) mass is 433 g/mol. The van der Waals surface area contributed by atoms with Gasteiger partial charge in [0.1, 0.15) is 5.60 Å². The highest BCUT2D eigenvalue weighted by Gasteiger charge is 2.43. The molecule has 0 aliphatic carbocycles. The van der Waals surface area contributed by atoms with Gasteiger partial charge in [0.05, 0.1) is 12.1 Å². The van der Waals surface area contributed by atoms with Gasteiger partial charge in [0, 0.05) is 29.9 Å². The number of aliphatic hydroxyl groups excluding tert-OH is 1. The quantitative estimate of drug-likeness (QED) is 0.282. The molecule has 2 unspecified atom stereocenters. The number of carbonyl (C=O) groups excluding carboxylic acids is 1. The maximum atomic E-state index is 12.0. The molecular formula is C20H23N3O6S. The third-order valence-electron chi connectivity index (χ3n) is 4.68. The zero-order valence-electron chi connectivity index (χ0n) is 16.8. The lowest BCUT2D eigenvalue weighted by Crippen LogP contribution is -2.49. The van der Waals surface area contributed by atoms with Crippen molar-refractivity contribution >= 4 is 26.6 Å². The predicted octanol–water partition coefficient (Wildman–Crippen LogP) is -0.167. The number of rotatable bonds is 6. The number of hydrogen-bond donors (Lipinski definition) is 4. The number of benzene rings is 1. The van der Waals surface area contributed by atoms with E-state index in [-0.39, 0.29) is 13.0 Å². The Hall–Kier alpha value is -2.89. The molecule has 10 heteroatoms. The first-order valence-corrected chi connectivity index (χ1v) is 10.8. The zero-order chi connectivity index (χ0) is 22.6. The van der Waals surface area contributed by atoms with Crippen LogP contribution in [0.5, 0.6) is 0 Å². The summed E-state index contributed by atoms with van der Waals surface area (Å²) in [4.78, 5) is 11.9. The zero-order valence-corrected chi connectivity index (χ0v) is 17.6. The Morgan fingerprint density at radius 1 is 1.30 bits per heavy atom. The van der Waals surface area contributed by atoms with Gasteiger partial charge in [-0.05, 0) is 50.3 Å². The Morgan fingerprint density at radius 2 is 2.00 bits per heavy atom. The van der Waals surface area contributed by atoms with E-state index in [4.69, 9.17) is 10.3 Å². The topological polar surface area (TPSA) is 142 Å². The summed E-state index contributed by atoms with van der Waals surface area (Å²) in [7, 11) is -3.79. The molecule has 1 heterocycles. The number of hydrogen-bond acceptors (Lipinski definition) is 7. The van der Waals surface area contributed by atoms with E-state index in [0.717, 1.165) is 11.6 Å². The maximum absolute atomic E-state index is 12.0. The first-order chi connectivity index (χ1) is 13.9. The second-order valence-corrected chi connectivity index (χ2v) is 9.74. The van der Waals surface area contributed by atoms with Crippen molar-refractivity contribution in [2.75, 3.05) is 12.9 Å². The van der Waals surface area contributed by atoms with Gasteiger partial charge in [0.25, 0.3) is 5.91 Å². The molecule has 0 spiro atoms. The smallest absolute Gasteiger partial charge is 0.264 e. The average molecular weight is 433 g/mol. The fourth-order valence-electron chi connectivity index (χ4n) is 2.49. The van der Waals surface area contributed by atoms with Crippen LogP contribution >= 0.6 is 0 Å². The summed E-state index contributed by atoms with van der Waals surface area (Å²) in [6, 6.07) is 5.25. The van der Waals surface area contributed by atoms with Gasteiger partial charge in [0.2, 0.25) is 0 Å². The van der Waals surface area contributed by atoms with E-state index in [1.807, 2.05) is 0 Å². The molecule has 1 amide bonds. The molecule has 160 valence electrons. The van der Waals surface area contributed by atoms with E-state index in [9.17, 15) is 18.3 Å². The summed E-state index contributed by atoms with van der Waals surface area (Å²) in [5.74, 6) is 9.36. The van der Waals surface area contributed by atoms with E-state index < -0.39 is 32.7 Å². The van der Waals surface area contributed by atoms with Crippen LogP contribution in [0.1, 0.15) is 25.8 Å². The number of amides is 1. The van der Waals surface area contributed by atoms with E-state index >= 15 is 0 Å². The normalized spacial score (nSPS) is 15.1. The molecule has 0 saturated heterocycles. The van der Waals surface area contributed by atoms with Gasteiger partial charge in [-0.2, -0.15) is 5.10 Å². The lowest BCUT2D eigenvalue weighted by Gasteiger charge is -2.24. The molecule has 1 aromatic carbocycles. The number of nitrogens with zero attached hydrogens (tertiary/aromatic N) is 2. The Labute approximate surface area is 174 Å². The molecule has 0 fully saturated rings. The minimum absolute atomic E-state index is 0.0841. The van der Waals surface area contributed by atoms with Gasteiger partial charge in [-0.25, -0.2) is 13.9 Å². The van der Waals surface area contributed by atoms with Crippen molar-refractivity contribution in [1.82, 2.24) is 15.3 Å². The molecule has 2 aromatic rings. The van der Waals surface area contributed by atoms with E-state index in [1.54, 1.807) is 24.4 Å². The summed E-state index contributed by atoms with van der Waals surface area (Å²) in [5.41, 5.74) is 1.22. The summed E-state index contributed by atoms with van der Waals surface area (Å²) in [6.45, 7) is 2.26. The number of sulfone groups is 1. The molecule has 0 aliphatic heterocycles. The Morgan fingerprint density at radius 3 is 2.60 bits per heavy atom. The number of fused-ring (bicyclic) bond motifs is 1. The van der Waals surface area contributed by atoms with Crippen LogP contribution in [-0.4, -0.2) is 62.7 Å². The van der Waals surface area contributed by atoms with Crippen molar-refractivity contribution in [2.24, 2.45) is 0 Å². The van der Waals surface area contributed by atoms with E-state index in [0.29, 0.717) is 11.1 Å². The summed E-state index contributed by atoms with van der Waals surface area (Å²) in [6.07, 6.45) is 2.55. The Kier molecular flexibility index (Phi) is 6.91. The largest absolute Gasteiger partial charge is 0.392 e. The Balaban J connectivity index is 2.22. The van der Waals surface area contributed by atoms with Crippen molar-refractivity contribution in [3.8, 4) is 23.7 Å². The van der Waals surface area contributed by atoms with Crippen LogP contribution in [0.25, 0.3) is 10.9 Å². The van der Waals surface area contributed by atoms with Gasteiger partial charge in [0.15, 0.2) is 14.6 Å². The highest BCUT2D eigenvalue weighted by Crippen LogP contribution is 2.23. The lowest BCUT2D eigenvalue weighted by atomic mass is 10.1. The molecule has 1 aromatic heterocycles. The lowest BCUT2D eigenvalue weighted by molar-refractivity contribution is -0.131. The summed E-state index contributed by atoms with van der Waals surface area (Å²) in [5, 5.41) is 32.5. The van der Waals surface area contributed by atoms with Crippen LogP contribution in [0.3, 0.4) is 0 Å². The number of carbonyl (C=O) groups is 1. The number of nitrogens with one attached hydrogen (secondary N) is 1. The van der Waals surface area contributed by atoms with Crippen LogP contribution in [0.2, 0.25) is 0 Å². The molecule has 0 bridgehead atoms. The van der Waals surface area contributed by atoms with Gasteiger partial charge in [-0.15, -0.1) is 0 Å². The van der Waals surface area contributed by atoms with Crippen LogP contribution in [0.4, 0.5) is 0 Å². The van der Waals surface area contributed by atoms with E-state index in [1.165, 1.54) is 24.0 Å².